The molecule has 0 saturated carbocycles. The predicted molar refractivity (Wildman–Crippen MR) is 97.4 cm³/mol. The quantitative estimate of drug-likeness (QED) is 0.532. The molecule has 10 heteroatoms. The number of imide groups is 1. The summed E-state index contributed by atoms with van der Waals surface area (Å²) >= 11 is 0.591. The van der Waals surface area contributed by atoms with E-state index in [2.05, 4.69) is 5.32 Å². The second-order valence-electron chi connectivity index (χ2n) is 5.69. The van der Waals surface area contributed by atoms with Crippen LogP contribution in [0.3, 0.4) is 0 Å². The van der Waals surface area contributed by atoms with Gasteiger partial charge in [-0.2, -0.15) is 0 Å². The first-order valence-corrected chi connectivity index (χ1v) is 8.58. The number of phenols is 2. The fourth-order valence-corrected chi connectivity index (χ4v) is 3.18. The maximum Gasteiger partial charge on any atom is 0.294 e. The molecule has 3 amide bonds. The molecule has 1 saturated heterocycles. The molecule has 7 nitrogen and oxygen atoms in total. The third kappa shape index (κ3) is 4.12. The molecule has 1 aliphatic heterocycles. The number of rotatable bonds is 4. The van der Waals surface area contributed by atoms with E-state index < -0.39 is 41.0 Å². The fraction of sp³-hybridized carbons (Fsp3) is 0.0556. The van der Waals surface area contributed by atoms with Crippen LogP contribution in [0.4, 0.5) is 19.3 Å². The second-order valence-corrected chi connectivity index (χ2v) is 6.68. The third-order valence-electron chi connectivity index (χ3n) is 3.68. The first-order valence-electron chi connectivity index (χ1n) is 7.77. The summed E-state index contributed by atoms with van der Waals surface area (Å²) in [7, 11) is 0. The van der Waals surface area contributed by atoms with Gasteiger partial charge in [-0.3, -0.25) is 19.3 Å². The molecule has 144 valence electrons. The molecule has 2 aromatic rings. The molecular weight excluding hydrogens is 394 g/mol. The van der Waals surface area contributed by atoms with Crippen LogP contribution in [0.5, 0.6) is 11.5 Å². The molecule has 0 aliphatic carbocycles. The Kier molecular flexibility index (Phi) is 5.32. The Morgan fingerprint density at radius 3 is 2.54 bits per heavy atom. The van der Waals surface area contributed by atoms with Crippen molar-refractivity contribution < 1.29 is 33.4 Å². The summed E-state index contributed by atoms with van der Waals surface area (Å²) in [5, 5.41) is 20.3. The highest BCUT2D eigenvalue weighted by molar-refractivity contribution is 8.18. The molecule has 0 unspecified atom stereocenters. The summed E-state index contributed by atoms with van der Waals surface area (Å²) in [5.74, 6) is -4.11. The van der Waals surface area contributed by atoms with E-state index in [1.54, 1.807) is 0 Å². The lowest BCUT2D eigenvalue weighted by Crippen LogP contribution is -2.36. The molecule has 3 N–H and O–H groups in total. The SMILES string of the molecule is O=C(CN1C(=O)S/C(=C/c2ccc(O)c(O)c2)C1=O)Nc1ccc(F)cc1F. The van der Waals surface area contributed by atoms with Crippen molar-refractivity contribution in [3.05, 3.63) is 58.5 Å². The van der Waals surface area contributed by atoms with Crippen molar-refractivity contribution in [3.63, 3.8) is 0 Å². The molecule has 0 atom stereocenters. The van der Waals surface area contributed by atoms with Crippen LogP contribution in [0.1, 0.15) is 5.56 Å². The minimum atomic E-state index is -0.991. The maximum absolute atomic E-state index is 13.6. The standard InChI is InChI=1S/C18H12F2N2O5S/c19-10-2-3-12(11(20)7-10)21-16(25)8-22-17(26)15(28-18(22)27)6-9-1-4-13(23)14(24)5-9/h1-7,23-24H,8H2,(H,21,25)/b15-6+. The van der Waals surface area contributed by atoms with Gasteiger partial charge < -0.3 is 15.5 Å². The van der Waals surface area contributed by atoms with Gasteiger partial charge in [0.2, 0.25) is 5.91 Å². The largest absolute Gasteiger partial charge is 0.504 e. The molecule has 0 spiro atoms. The number of thioether (sulfide) groups is 1. The highest BCUT2D eigenvalue weighted by Gasteiger charge is 2.36. The number of phenolic OH excluding ortho intramolecular Hbond substituents is 2. The first kappa shape index (κ1) is 19.4. The molecule has 2 aromatic carbocycles. The Hall–Kier alpha value is -3.40. The van der Waals surface area contributed by atoms with E-state index in [0.29, 0.717) is 28.3 Å². The predicted octanol–water partition coefficient (Wildman–Crippen LogP) is 3.05. The monoisotopic (exact) mass is 406 g/mol. The topological polar surface area (TPSA) is 107 Å². The molecule has 3 rings (SSSR count). The zero-order valence-corrected chi connectivity index (χ0v) is 14.8. The number of anilines is 1. The Bertz CT molecular complexity index is 1030. The number of hydrogen-bond donors (Lipinski definition) is 3. The van der Waals surface area contributed by atoms with Gasteiger partial charge in [-0.25, -0.2) is 8.78 Å². The number of benzene rings is 2. The molecule has 0 aromatic heterocycles. The molecule has 0 radical (unpaired) electrons. The number of halogens is 2. The number of hydrogen-bond acceptors (Lipinski definition) is 6. The Morgan fingerprint density at radius 1 is 1.11 bits per heavy atom. The van der Waals surface area contributed by atoms with E-state index in [1.807, 2.05) is 0 Å². The van der Waals surface area contributed by atoms with Crippen LogP contribution in [-0.2, 0) is 9.59 Å². The Morgan fingerprint density at radius 2 is 1.86 bits per heavy atom. The van der Waals surface area contributed by atoms with Crippen LogP contribution in [0.15, 0.2) is 41.3 Å². The summed E-state index contributed by atoms with van der Waals surface area (Å²) in [5.41, 5.74) is 0.0760. The van der Waals surface area contributed by atoms with E-state index in [0.717, 1.165) is 12.1 Å². The maximum atomic E-state index is 13.6. The van der Waals surface area contributed by atoms with E-state index in [9.17, 15) is 33.4 Å². The van der Waals surface area contributed by atoms with Crippen LogP contribution >= 0.6 is 11.8 Å². The summed E-state index contributed by atoms with van der Waals surface area (Å²) in [4.78, 5) is 37.1. The van der Waals surface area contributed by atoms with Crippen molar-refractivity contribution in [1.82, 2.24) is 4.90 Å². The smallest absolute Gasteiger partial charge is 0.294 e. The van der Waals surface area contributed by atoms with E-state index >= 15 is 0 Å². The lowest BCUT2D eigenvalue weighted by Gasteiger charge is -2.12. The number of amides is 3. The highest BCUT2D eigenvalue weighted by atomic mass is 32.2. The molecule has 1 fully saturated rings. The van der Waals surface area contributed by atoms with Gasteiger partial charge in [-0.1, -0.05) is 6.07 Å². The number of carbonyl (C=O) groups excluding carboxylic acids is 3. The van der Waals surface area contributed by atoms with Crippen LogP contribution in [0.2, 0.25) is 0 Å². The van der Waals surface area contributed by atoms with Crippen molar-refractivity contribution >= 4 is 40.6 Å². The summed E-state index contributed by atoms with van der Waals surface area (Å²) in [6, 6.07) is 6.41. The van der Waals surface area contributed by atoms with Crippen LogP contribution in [0.25, 0.3) is 6.08 Å². The van der Waals surface area contributed by atoms with Crippen molar-refractivity contribution in [1.29, 1.82) is 0 Å². The summed E-state index contributed by atoms with van der Waals surface area (Å²) in [6.45, 7) is -0.653. The van der Waals surface area contributed by atoms with E-state index in [4.69, 9.17) is 0 Å². The van der Waals surface area contributed by atoms with Gasteiger partial charge in [-0.15, -0.1) is 0 Å². The average molecular weight is 406 g/mol. The van der Waals surface area contributed by atoms with E-state index in [1.165, 1.54) is 24.3 Å². The van der Waals surface area contributed by atoms with Gasteiger partial charge >= 0.3 is 0 Å². The number of nitrogens with zero attached hydrogens (tertiary/aromatic N) is 1. The Balaban J connectivity index is 1.71. The van der Waals surface area contributed by atoms with Gasteiger partial charge in [0.25, 0.3) is 11.1 Å². The average Bonchev–Trinajstić information content (AvgIpc) is 2.88. The minimum Gasteiger partial charge on any atom is -0.504 e. The zero-order chi connectivity index (χ0) is 20.4. The van der Waals surface area contributed by atoms with Gasteiger partial charge in [-0.05, 0) is 47.7 Å². The normalized spacial score (nSPS) is 15.4. The van der Waals surface area contributed by atoms with Crippen molar-refractivity contribution in [2.45, 2.75) is 0 Å². The van der Waals surface area contributed by atoms with Crippen LogP contribution < -0.4 is 5.32 Å². The Labute approximate surface area is 161 Å². The fourth-order valence-electron chi connectivity index (χ4n) is 2.34. The zero-order valence-electron chi connectivity index (χ0n) is 14.0. The van der Waals surface area contributed by atoms with Gasteiger partial charge in [0.05, 0.1) is 10.6 Å². The third-order valence-corrected chi connectivity index (χ3v) is 4.59. The van der Waals surface area contributed by atoms with Gasteiger partial charge in [0.1, 0.15) is 18.2 Å². The van der Waals surface area contributed by atoms with Crippen molar-refractivity contribution in [3.8, 4) is 11.5 Å². The molecule has 1 heterocycles. The number of aromatic hydroxyl groups is 2. The first-order chi connectivity index (χ1) is 13.2. The molecular formula is C18H12F2N2O5S. The van der Waals surface area contributed by atoms with Crippen LogP contribution in [0, 0.1) is 11.6 Å². The minimum absolute atomic E-state index is 0.0100. The highest BCUT2D eigenvalue weighted by Crippen LogP contribution is 2.33. The molecule has 1 aliphatic rings. The van der Waals surface area contributed by atoms with Crippen molar-refractivity contribution in [2.75, 3.05) is 11.9 Å². The lowest BCUT2D eigenvalue weighted by atomic mass is 10.2. The number of carbonyl (C=O) groups is 3. The van der Waals surface area contributed by atoms with Crippen molar-refractivity contribution in [2.24, 2.45) is 0 Å². The van der Waals surface area contributed by atoms with Gasteiger partial charge in [0, 0.05) is 6.07 Å². The van der Waals surface area contributed by atoms with E-state index in [-0.39, 0.29) is 16.3 Å². The number of nitrogens with one attached hydrogen (secondary N) is 1. The second kappa shape index (κ2) is 7.69. The summed E-state index contributed by atoms with van der Waals surface area (Å²) in [6.07, 6.45) is 1.32. The lowest BCUT2D eigenvalue weighted by molar-refractivity contribution is -0.127. The molecule has 28 heavy (non-hydrogen) atoms. The molecule has 0 bridgehead atoms. The summed E-state index contributed by atoms with van der Waals surface area (Å²) < 4.78 is 26.5. The van der Waals surface area contributed by atoms with Gasteiger partial charge in [0.15, 0.2) is 11.5 Å². The van der Waals surface area contributed by atoms with Crippen LogP contribution in [-0.4, -0.2) is 38.7 Å².